The lowest BCUT2D eigenvalue weighted by Gasteiger charge is -2.39. The zero-order valence-corrected chi connectivity index (χ0v) is 14.5. The van der Waals surface area contributed by atoms with Crippen molar-refractivity contribution >= 4 is 6.03 Å². The summed E-state index contributed by atoms with van der Waals surface area (Å²) in [6.45, 7) is 3.71. The van der Waals surface area contributed by atoms with Crippen LogP contribution in [0, 0.1) is 0 Å². The van der Waals surface area contributed by atoms with Gasteiger partial charge in [-0.05, 0) is 36.8 Å². The van der Waals surface area contributed by atoms with E-state index in [1.165, 1.54) is 43.2 Å². The molecule has 1 aromatic carbocycles. The summed E-state index contributed by atoms with van der Waals surface area (Å²) in [6.07, 6.45) is 8.60. The Labute approximate surface area is 145 Å². The van der Waals surface area contributed by atoms with Crippen LogP contribution < -0.4 is 5.32 Å². The highest BCUT2D eigenvalue weighted by Crippen LogP contribution is 2.35. The van der Waals surface area contributed by atoms with Crippen molar-refractivity contribution in [1.29, 1.82) is 0 Å². The first-order valence-electron chi connectivity index (χ1n) is 9.68. The van der Waals surface area contributed by atoms with E-state index in [-0.39, 0.29) is 6.03 Å². The normalized spacial score (nSPS) is 25.5. The molecule has 0 bridgehead atoms. The third kappa shape index (κ3) is 3.30. The minimum absolute atomic E-state index is 0.161. The van der Waals surface area contributed by atoms with Gasteiger partial charge in [-0.1, -0.05) is 43.5 Å². The topological polar surface area (TPSA) is 35.6 Å². The lowest BCUT2D eigenvalue weighted by Crippen LogP contribution is -2.54. The Hall–Kier alpha value is -1.55. The number of carbonyl (C=O) groups excluding carboxylic acids is 1. The zero-order valence-electron chi connectivity index (χ0n) is 14.5. The minimum Gasteiger partial charge on any atom is -0.335 e. The standard InChI is InChI=1S/C20H29N3O/c24-20(21-17-7-2-1-3-8-17)23-14-12-22(13-15-23)19-11-10-16-6-4-5-9-18(16)19/h4-6,9,17,19H,1-3,7-8,10-15H2,(H,21,24). The molecule has 1 aromatic rings. The molecule has 1 aliphatic heterocycles. The molecule has 0 aromatic heterocycles. The molecule has 24 heavy (non-hydrogen) atoms. The van der Waals surface area contributed by atoms with Gasteiger partial charge in [0.2, 0.25) is 0 Å². The molecule has 130 valence electrons. The van der Waals surface area contributed by atoms with Crippen molar-refractivity contribution < 1.29 is 4.79 Å². The van der Waals surface area contributed by atoms with Gasteiger partial charge in [0.25, 0.3) is 0 Å². The number of hydrogen-bond acceptors (Lipinski definition) is 2. The fourth-order valence-corrected chi connectivity index (χ4v) is 4.66. The van der Waals surface area contributed by atoms with Crippen LogP contribution in [-0.4, -0.2) is 48.1 Å². The van der Waals surface area contributed by atoms with Gasteiger partial charge in [0.1, 0.15) is 0 Å². The smallest absolute Gasteiger partial charge is 0.317 e. The van der Waals surface area contributed by atoms with Crippen LogP contribution in [0.25, 0.3) is 0 Å². The Morgan fingerprint density at radius 2 is 1.71 bits per heavy atom. The number of nitrogens with zero attached hydrogens (tertiary/aromatic N) is 2. The maximum absolute atomic E-state index is 12.5. The summed E-state index contributed by atoms with van der Waals surface area (Å²) in [5.74, 6) is 0. The van der Waals surface area contributed by atoms with Gasteiger partial charge in [-0.2, -0.15) is 0 Å². The van der Waals surface area contributed by atoms with Crippen LogP contribution in [-0.2, 0) is 6.42 Å². The van der Waals surface area contributed by atoms with E-state index < -0.39 is 0 Å². The van der Waals surface area contributed by atoms with Crippen molar-refractivity contribution in [3.63, 3.8) is 0 Å². The highest BCUT2D eigenvalue weighted by molar-refractivity contribution is 5.74. The Balaban J connectivity index is 1.30. The number of amides is 2. The summed E-state index contributed by atoms with van der Waals surface area (Å²) >= 11 is 0. The number of urea groups is 1. The molecule has 2 fully saturated rings. The number of fused-ring (bicyclic) bond motifs is 1. The van der Waals surface area contributed by atoms with E-state index in [1.54, 1.807) is 0 Å². The van der Waals surface area contributed by atoms with Crippen molar-refractivity contribution in [2.75, 3.05) is 26.2 Å². The monoisotopic (exact) mass is 327 g/mol. The SMILES string of the molecule is O=C(NC1CCCCC1)N1CCN(C2CCc3ccccc32)CC1. The first-order chi connectivity index (χ1) is 11.8. The molecule has 1 unspecified atom stereocenters. The molecular weight excluding hydrogens is 298 g/mol. The summed E-state index contributed by atoms with van der Waals surface area (Å²) in [6, 6.07) is 9.99. The summed E-state index contributed by atoms with van der Waals surface area (Å²) in [4.78, 5) is 17.1. The van der Waals surface area contributed by atoms with Crippen molar-refractivity contribution in [3.8, 4) is 0 Å². The summed E-state index contributed by atoms with van der Waals surface area (Å²) < 4.78 is 0. The Kier molecular flexibility index (Phi) is 4.74. The molecule has 1 saturated heterocycles. The van der Waals surface area contributed by atoms with Gasteiger partial charge >= 0.3 is 6.03 Å². The van der Waals surface area contributed by atoms with E-state index in [9.17, 15) is 4.79 Å². The molecule has 1 saturated carbocycles. The van der Waals surface area contributed by atoms with E-state index in [0.717, 1.165) is 39.0 Å². The van der Waals surface area contributed by atoms with Crippen LogP contribution in [0.4, 0.5) is 4.79 Å². The van der Waals surface area contributed by atoms with E-state index in [1.807, 2.05) is 4.90 Å². The molecule has 1 N–H and O–H groups in total. The van der Waals surface area contributed by atoms with Crippen molar-refractivity contribution in [2.45, 2.75) is 57.0 Å². The Morgan fingerprint density at radius 1 is 0.958 bits per heavy atom. The molecule has 1 heterocycles. The van der Waals surface area contributed by atoms with Crippen LogP contribution in [0.2, 0.25) is 0 Å². The van der Waals surface area contributed by atoms with Gasteiger partial charge in [0.05, 0.1) is 0 Å². The van der Waals surface area contributed by atoms with Gasteiger partial charge in [0, 0.05) is 38.3 Å². The molecule has 0 spiro atoms. The largest absolute Gasteiger partial charge is 0.335 e. The third-order valence-corrected chi connectivity index (χ3v) is 6.08. The van der Waals surface area contributed by atoms with Gasteiger partial charge < -0.3 is 10.2 Å². The van der Waals surface area contributed by atoms with Crippen LogP contribution >= 0.6 is 0 Å². The lowest BCUT2D eigenvalue weighted by molar-refractivity contribution is 0.106. The molecule has 3 aliphatic rings. The summed E-state index contributed by atoms with van der Waals surface area (Å²) in [5.41, 5.74) is 3.03. The molecule has 1 atom stereocenters. The van der Waals surface area contributed by atoms with Crippen LogP contribution in [0.15, 0.2) is 24.3 Å². The minimum atomic E-state index is 0.161. The second-order valence-electron chi connectivity index (χ2n) is 7.56. The average molecular weight is 327 g/mol. The van der Waals surface area contributed by atoms with Crippen LogP contribution in [0.3, 0.4) is 0 Å². The Bertz CT molecular complexity index is 574. The third-order valence-electron chi connectivity index (χ3n) is 6.08. The molecular formula is C20H29N3O. The first kappa shape index (κ1) is 15.9. The second-order valence-corrected chi connectivity index (χ2v) is 7.56. The molecule has 2 aliphatic carbocycles. The summed E-state index contributed by atoms with van der Waals surface area (Å²) in [7, 11) is 0. The van der Waals surface area contributed by atoms with Gasteiger partial charge in [0.15, 0.2) is 0 Å². The predicted molar refractivity (Wildman–Crippen MR) is 96.1 cm³/mol. The quantitative estimate of drug-likeness (QED) is 0.904. The fourth-order valence-electron chi connectivity index (χ4n) is 4.66. The maximum Gasteiger partial charge on any atom is 0.317 e. The average Bonchev–Trinajstić information content (AvgIpc) is 3.07. The maximum atomic E-state index is 12.5. The fraction of sp³-hybridized carbons (Fsp3) is 0.650. The van der Waals surface area contributed by atoms with Crippen LogP contribution in [0.1, 0.15) is 55.7 Å². The van der Waals surface area contributed by atoms with Gasteiger partial charge in [-0.15, -0.1) is 0 Å². The van der Waals surface area contributed by atoms with E-state index in [0.29, 0.717) is 12.1 Å². The zero-order chi connectivity index (χ0) is 16.4. The number of nitrogens with one attached hydrogen (secondary N) is 1. The number of rotatable bonds is 2. The molecule has 2 amide bonds. The number of hydrogen-bond donors (Lipinski definition) is 1. The van der Waals surface area contributed by atoms with Crippen LogP contribution in [0.5, 0.6) is 0 Å². The number of carbonyl (C=O) groups is 1. The van der Waals surface area contributed by atoms with E-state index in [2.05, 4.69) is 34.5 Å². The Morgan fingerprint density at radius 3 is 2.50 bits per heavy atom. The van der Waals surface area contributed by atoms with E-state index >= 15 is 0 Å². The second kappa shape index (κ2) is 7.14. The molecule has 4 rings (SSSR count). The molecule has 4 nitrogen and oxygen atoms in total. The van der Waals surface area contributed by atoms with Crippen molar-refractivity contribution in [2.24, 2.45) is 0 Å². The van der Waals surface area contributed by atoms with Gasteiger partial charge in [-0.3, -0.25) is 4.90 Å². The van der Waals surface area contributed by atoms with Crippen molar-refractivity contribution in [1.82, 2.24) is 15.1 Å². The van der Waals surface area contributed by atoms with Gasteiger partial charge in [-0.25, -0.2) is 4.79 Å². The molecule has 4 heteroatoms. The number of piperazine rings is 1. The number of aryl methyl sites for hydroxylation is 1. The lowest BCUT2D eigenvalue weighted by atomic mass is 9.96. The highest BCUT2D eigenvalue weighted by Gasteiger charge is 2.31. The first-order valence-corrected chi connectivity index (χ1v) is 9.68. The van der Waals surface area contributed by atoms with Crippen molar-refractivity contribution in [3.05, 3.63) is 35.4 Å². The van der Waals surface area contributed by atoms with E-state index in [4.69, 9.17) is 0 Å². The summed E-state index contributed by atoms with van der Waals surface area (Å²) in [5, 5.41) is 3.26. The number of benzene rings is 1. The molecule has 0 radical (unpaired) electrons. The predicted octanol–water partition coefficient (Wildman–Crippen LogP) is 3.33. The highest BCUT2D eigenvalue weighted by atomic mass is 16.2.